The van der Waals surface area contributed by atoms with Crippen molar-refractivity contribution >= 4 is 11.8 Å². The fourth-order valence-electron chi connectivity index (χ4n) is 1.48. The Morgan fingerprint density at radius 1 is 1.41 bits per heavy atom. The number of hydrogen-bond acceptors (Lipinski definition) is 3. The van der Waals surface area contributed by atoms with Crippen LogP contribution < -0.4 is 11.1 Å². The summed E-state index contributed by atoms with van der Waals surface area (Å²) in [4.78, 5) is 25.1. The van der Waals surface area contributed by atoms with Gasteiger partial charge in [0.25, 0.3) is 0 Å². The van der Waals surface area contributed by atoms with Crippen molar-refractivity contribution in [3.63, 3.8) is 0 Å². The number of amides is 2. The van der Waals surface area contributed by atoms with Gasteiger partial charge in [0.2, 0.25) is 11.8 Å². The van der Waals surface area contributed by atoms with Gasteiger partial charge in [0.05, 0.1) is 6.04 Å². The normalized spacial score (nSPS) is 13.6. The van der Waals surface area contributed by atoms with Gasteiger partial charge in [-0.2, -0.15) is 0 Å². The number of carbonyl (C=O) groups excluding carboxylic acids is 2. The molecule has 0 aliphatic carbocycles. The first kappa shape index (κ1) is 15.6. The van der Waals surface area contributed by atoms with Gasteiger partial charge < -0.3 is 16.0 Å². The van der Waals surface area contributed by atoms with Gasteiger partial charge in [-0.15, -0.1) is 6.58 Å². The summed E-state index contributed by atoms with van der Waals surface area (Å²) in [5, 5.41) is 2.61. The molecule has 0 heterocycles. The van der Waals surface area contributed by atoms with Crippen molar-refractivity contribution in [2.75, 3.05) is 13.1 Å². The molecule has 0 fully saturated rings. The van der Waals surface area contributed by atoms with Crippen LogP contribution in [0.5, 0.6) is 0 Å². The van der Waals surface area contributed by atoms with Crippen molar-refractivity contribution in [1.29, 1.82) is 0 Å². The Morgan fingerprint density at radius 2 is 1.94 bits per heavy atom. The van der Waals surface area contributed by atoms with Crippen LogP contribution in [-0.2, 0) is 9.59 Å². The molecular weight excluding hydrogens is 218 g/mol. The third-order valence-corrected chi connectivity index (χ3v) is 2.56. The zero-order chi connectivity index (χ0) is 13.4. The molecule has 0 saturated carbocycles. The summed E-state index contributed by atoms with van der Waals surface area (Å²) in [6.45, 7) is 10.3. The first-order chi connectivity index (χ1) is 7.97. The predicted molar refractivity (Wildman–Crippen MR) is 68.3 cm³/mol. The van der Waals surface area contributed by atoms with Crippen LogP contribution in [0.3, 0.4) is 0 Å². The van der Waals surface area contributed by atoms with Crippen LogP contribution in [-0.4, -0.2) is 41.9 Å². The molecule has 5 heteroatoms. The molecule has 0 bridgehead atoms. The SMILES string of the molecule is C=CCC(N)C(=O)NC(C)C(=O)N(CC)CC. The van der Waals surface area contributed by atoms with E-state index < -0.39 is 12.1 Å². The summed E-state index contributed by atoms with van der Waals surface area (Å²) in [7, 11) is 0. The van der Waals surface area contributed by atoms with Crippen molar-refractivity contribution < 1.29 is 9.59 Å². The van der Waals surface area contributed by atoms with Crippen molar-refractivity contribution in [3.8, 4) is 0 Å². The van der Waals surface area contributed by atoms with Gasteiger partial charge in [-0.1, -0.05) is 6.08 Å². The smallest absolute Gasteiger partial charge is 0.244 e. The van der Waals surface area contributed by atoms with E-state index in [1.807, 2.05) is 13.8 Å². The molecule has 17 heavy (non-hydrogen) atoms. The van der Waals surface area contributed by atoms with Crippen LogP contribution >= 0.6 is 0 Å². The zero-order valence-corrected chi connectivity index (χ0v) is 10.9. The lowest BCUT2D eigenvalue weighted by Crippen LogP contribution is -2.51. The summed E-state index contributed by atoms with van der Waals surface area (Å²) < 4.78 is 0. The summed E-state index contributed by atoms with van der Waals surface area (Å²) in [5.41, 5.74) is 5.61. The number of rotatable bonds is 7. The van der Waals surface area contributed by atoms with Crippen molar-refractivity contribution in [3.05, 3.63) is 12.7 Å². The minimum absolute atomic E-state index is 0.0887. The Kier molecular flexibility index (Phi) is 7.21. The molecule has 2 amide bonds. The maximum absolute atomic E-state index is 11.9. The van der Waals surface area contributed by atoms with Gasteiger partial charge in [0.1, 0.15) is 6.04 Å². The lowest BCUT2D eigenvalue weighted by molar-refractivity contribution is -0.135. The van der Waals surface area contributed by atoms with Crippen molar-refractivity contribution in [1.82, 2.24) is 10.2 Å². The quantitative estimate of drug-likeness (QED) is 0.628. The summed E-state index contributed by atoms with van der Waals surface area (Å²) >= 11 is 0. The molecule has 2 atom stereocenters. The van der Waals surface area contributed by atoms with E-state index in [0.717, 1.165) is 0 Å². The Hall–Kier alpha value is -1.36. The van der Waals surface area contributed by atoms with E-state index in [4.69, 9.17) is 5.73 Å². The lowest BCUT2D eigenvalue weighted by atomic mass is 10.2. The monoisotopic (exact) mass is 241 g/mol. The molecule has 0 spiro atoms. The second-order valence-corrected chi connectivity index (χ2v) is 3.87. The van der Waals surface area contributed by atoms with Crippen LogP contribution in [0.15, 0.2) is 12.7 Å². The maximum Gasteiger partial charge on any atom is 0.244 e. The summed E-state index contributed by atoms with van der Waals surface area (Å²) in [6, 6.07) is -1.18. The fourth-order valence-corrected chi connectivity index (χ4v) is 1.48. The average molecular weight is 241 g/mol. The van der Waals surface area contributed by atoms with E-state index in [0.29, 0.717) is 19.5 Å². The Bertz CT molecular complexity index is 275. The van der Waals surface area contributed by atoms with E-state index in [2.05, 4.69) is 11.9 Å². The topological polar surface area (TPSA) is 75.4 Å². The molecule has 0 aliphatic heterocycles. The largest absolute Gasteiger partial charge is 0.343 e. The van der Waals surface area contributed by atoms with Crippen LogP contribution in [0, 0.1) is 0 Å². The molecule has 0 aromatic carbocycles. The van der Waals surface area contributed by atoms with Gasteiger partial charge in [-0.3, -0.25) is 9.59 Å². The van der Waals surface area contributed by atoms with Crippen LogP contribution in [0.4, 0.5) is 0 Å². The highest BCUT2D eigenvalue weighted by Crippen LogP contribution is 1.96. The standard InChI is InChI=1S/C12H23N3O2/c1-5-8-10(13)11(16)14-9(4)12(17)15(6-2)7-3/h5,9-10H,1,6-8,13H2,2-4H3,(H,14,16). The van der Waals surface area contributed by atoms with E-state index in [9.17, 15) is 9.59 Å². The third kappa shape index (κ3) is 4.99. The number of nitrogens with zero attached hydrogens (tertiary/aromatic N) is 1. The summed E-state index contributed by atoms with van der Waals surface area (Å²) in [5.74, 6) is -0.410. The minimum atomic E-state index is -0.639. The molecule has 2 unspecified atom stereocenters. The summed E-state index contributed by atoms with van der Waals surface area (Å²) in [6.07, 6.45) is 1.99. The molecular formula is C12H23N3O2. The number of nitrogens with one attached hydrogen (secondary N) is 1. The Morgan fingerprint density at radius 3 is 2.35 bits per heavy atom. The van der Waals surface area contributed by atoms with Gasteiger partial charge in [0.15, 0.2) is 0 Å². The molecule has 0 aromatic heterocycles. The molecule has 0 radical (unpaired) electrons. The molecule has 5 nitrogen and oxygen atoms in total. The van der Waals surface area contributed by atoms with E-state index >= 15 is 0 Å². The predicted octanol–water partition coefficient (Wildman–Crippen LogP) is 0.263. The molecule has 98 valence electrons. The highest BCUT2D eigenvalue weighted by Gasteiger charge is 2.22. The molecule has 3 N–H and O–H groups in total. The second-order valence-electron chi connectivity index (χ2n) is 3.87. The van der Waals surface area contributed by atoms with Crippen molar-refractivity contribution in [2.45, 2.75) is 39.3 Å². The van der Waals surface area contributed by atoms with Gasteiger partial charge in [0, 0.05) is 13.1 Å². The molecule has 0 rings (SSSR count). The maximum atomic E-state index is 11.9. The van der Waals surface area contributed by atoms with Gasteiger partial charge >= 0.3 is 0 Å². The first-order valence-electron chi connectivity index (χ1n) is 5.93. The van der Waals surface area contributed by atoms with E-state index in [1.54, 1.807) is 17.9 Å². The van der Waals surface area contributed by atoms with Crippen LogP contribution in [0.25, 0.3) is 0 Å². The Balaban J connectivity index is 4.33. The van der Waals surface area contributed by atoms with Crippen LogP contribution in [0.2, 0.25) is 0 Å². The molecule has 0 aliphatic rings. The molecule has 0 aromatic rings. The van der Waals surface area contributed by atoms with Crippen LogP contribution in [0.1, 0.15) is 27.2 Å². The highest BCUT2D eigenvalue weighted by atomic mass is 16.2. The number of likely N-dealkylation sites (N-methyl/N-ethyl adjacent to an activating group) is 1. The number of carbonyl (C=O) groups is 2. The third-order valence-electron chi connectivity index (χ3n) is 2.56. The average Bonchev–Trinajstić information content (AvgIpc) is 2.30. The Labute approximate surface area is 103 Å². The van der Waals surface area contributed by atoms with Crippen molar-refractivity contribution in [2.24, 2.45) is 5.73 Å². The number of hydrogen-bond donors (Lipinski definition) is 2. The highest BCUT2D eigenvalue weighted by molar-refractivity contribution is 5.89. The van der Waals surface area contributed by atoms with E-state index in [-0.39, 0.29) is 11.8 Å². The molecule has 0 saturated heterocycles. The second kappa shape index (κ2) is 7.84. The van der Waals surface area contributed by atoms with E-state index in [1.165, 1.54) is 0 Å². The fraction of sp³-hybridized carbons (Fsp3) is 0.667. The first-order valence-corrected chi connectivity index (χ1v) is 5.93. The minimum Gasteiger partial charge on any atom is -0.343 e. The lowest BCUT2D eigenvalue weighted by Gasteiger charge is -2.24. The van der Waals surface area contributed by atoms with Gasteiger partial charge in [-0.25, -0.2) is 0 Å². The number of nitrogens with two attached hydrogens (primary N) is 1. The van der Waals surface area contributed by atoms with Gasteiger partial charge in [-0.05, 0) is 27.2 Å². The zero-order valence-electron chi connectivity index (χ0n) is 10.9.